The second-order valence-electron chi connectivity index (χ2n) is 7.57. The highest BCUT2D eigenvalue weighted by molar-refractivity contribution is 7.13. The second kappa shape index (κ2) is 8.36. The Kier molecular flexibility index (Phi) is 5.25. The quantitative estimate of drug-likeness (QED) is 0.449. The van der Waals surface area contributed by atoms with Gasteiger partial charge >= 0.3 is 0 Å². The van der Waals surface area contributed by atoms with Crippen molar-refractivity contribution < 1.29 is 14.4 Å². The van der Waals surface area contributed by atoms with Gasteiger partial charge in [-0.25, -0.2) is 4.98 Å². The van der Waals surface area contributed by atoms with Crippen molar-refractivity contribution in [1.82, 2.24) is 9.88 Å². The number of carbonyl (C=O) groups excluding carboxylic acids is 3. The summed E-state index contributed by atoms with van der Waals surface area (Å²) in [7, 11) is 0. The third-order valence-electron chi connectivity index (χ3n) is 5.44. The van der Waals surface area contributed by atoms with Crippen molar-refractivity contribution >= 4 is 45.6 Å². The van der Waals surface area contributed by atoms with Crippen LogP contribution in [0.1, 0.15) is 28.8 Å². The first-order valence-corrected chi connectivity index (χ1v) is 11.1. The molecule has 2 aromatic heterocycles. The van der Waals surface area contributed by atoms with Crippen LogP contribution >= 0.6 is 11.3 Å². The first kappa shape index (κ1) is 20.1. The molecule has 5 rings (SSSR count). The fourth-order valence-electron chi connectivity index (χ4n) is 3.79. The standard InChI is InChI=1S/C25H19N3O3S/c29-23-11-12-24(30)28(23)15-16-7-9-17(10-8-16)26-25(31)19-14-21(22-6-3-13-32-22)27-20-5-2-1-4-18(19)20/h1-10,13-14H,11-12,15H2,(H,26,31). The van der Waals surface area contributed by atoms with E-state index in [4.69, 9.17) is 4.98 Å². The van der Waals surface area contributed by atoms with E-state index < -0.39 is 0 Å². The van der Waals surface area contributed by atoms with E-state index >= 15 is 0 Å². The molecule has 1 aliphatic rings. The van der Waals surface area contributed by atoms with Gasteiger partial charge in [-0.15, -0.1) is 11.3 Å². The molecule has 6 nitrogen and oxygen atoms in total. The van der Waals surface area contributed by atoms with Gasteiger partial charge in [-0.3, -0.25) is 19.3 Å². The number of carbonyl (C=O) groups is 3. The number of nitrogens with one attached hydrogen (secondary N) is 1. The SMILES string of the molecule is O=C(Nc1ccc(CN2C(=O)CCC2=O)cc1)c1cc(-c2cccs2)nc2ccccc12. The van der Waals surface area contributed by atoms with Gasteiger partial charge in [-0.1, -0.05) is 36.4 Å². The summed E-state index contributed by atoms with van der Waals surface area (Å²) in [4.78, 5) is 43.8. The van der Waals surface area contributed by atoms with Crippen molar-refractivity contribution in [3.05, 3.63) is 83.2 Å². The maximum Gasteiger partial charge on any atom is 0.256 e. The molecular formula is C25H19N3O3S. The van der Waals surface area contributed by atoms with Gasteiger partial charge in [0.25, 0.3) is 5.91 Å². The normalized spacial score (nSPS) is 13.7. The van der Waals surface area contributed by atoms with Crippen LogP contribution in [0.25, 0.3) is 21.5 Å². The van der Waals surface area contributed by atoms with E-state index in [0.717, 1.165) is 27.0 Å². The highest BCUT2D eigenvalue weighted by Crippen LogP contribution is 2.28. The van der Waals surface area contributed by atoms with Crippen LogP contribution < -0.4 is 5.32 Å². The topological polar surface area (TPSA) is 79.4 Å². The summed E-state index contributed by atoms with van der Waals surface area (Å²) in [5, 5.41) is 5.72. The molecule has 1 saturated heterocycles. The lowest BCUT2D eigenvalue weighted by molar-refractivity contribution is -0.139. The molecule has 0 unspecified atom stereocenters. The number of nitrogens with zero attached hydrogens (tertiary/aromatic N) is 2. The number of fused-ring (bicyclic) bond motifs is 1. The van der Waals surface area contributed by atoms with Crippen LogP contribution in [0.3, 0.4) is 0 Å². The van der Waals surface area contributed by atoms with E-state index in [1.165, 1.54) is 4.90 Å². The number of thiophene rings is 1. The van der Waals surface area contributed by atoms with Crippen LogP contribution in [0.15, 0.2) is 72.1 Å². The molecular weight excluding hydrogens is 422 g/mol. The van der Waals surface area contributed by atoms with E-state index in [1.54, 1.807) is 23.5 Å². The predicted octanol–water partition coefficient (Wildman–Crippen LogP) is 4.86. The van der Waals surface area contributed by atoms with Crippen molar-refractivity contribution in [3.63, 3.8) is 0 Å². The van der Waals surface area contributed by atoms with E-state index in [9.17, 15) is 14.4 Å². The van der Waals surface area contributed by atoms with E-state index in [0.29, 0.717) is 11.3 Å². The molecule has 1 N–H and O–H groups in total. The van der Waals surface area contributed by atoms with Crippen molar-refractivity contribution in [2.45, 2.75) is 19.4 Å². The maximum atomic E-state index is 13.2. The molecule has 0 bridgehead atoms. The average Bonchev–Trinajstić information content (AvgIpc) is 3.46. The number of aromatic nitrogens is 1. The summed E-state index contributed by atoms with van der Waals surface area (Å²) >= 11 is 1.58. The Balaban J connectivity index is 1.39. The Bertz CT molecular complexity index is 1310. The lowest BCUT2D eigenvalue weighted by atomic mass is 10.1. The summed E-state index contributed by atoms with van der Waals surface area (Å²) in [5.74, 6) is -0.504. The molecule has 0 saturated carbocycles. The Morgan fingerprint density at radius 1 is 0.969 bits per heavy atom. The van der Waals surface area contributed by atoms with Crippen LogP contribution in [0.5, 0.6) is 0 Å². The molecule has 3 amide bonds. The second-order valence-corrected chi connectivity index (χ2v) is 8.52. The minimum atomic E-state index is -0.223. The highest BCUT2D eigenvalue weighted by Gasteiger charge is 2.28. The number of pyridine rings is 1. The number of hydrogen-bond acceptors (Lipinski definition) is 5. The number of amides is 3. The molecule has 1 aliphatic heterocycles. The molecule has 0 atom stereocenters. The van der Waals surface area contributed by atoms with E-state index in [1.807, 2.05) is 60.0 Å². The molecule has 32 heavy (non-hydrogen) atoms. The Morgan fingerprint density at radius 3 is 2.44 bits per heavy atom. The summed E-state index contributed by atoms with van der Waals surface area (Å²) in [6.07, 6.45) is 0.556. The molecule has 158 valence electrons. The number of hydrogen-bond donors (Lipinski definition) is 1. The molecule has 0 spiro atoms. The Hall–Kier alpha value is -3.84. The molecule has 7 heteroatoms. The van der Waals surface area contributed by atoms with Crippen molar-refractivity contribution in [2.24, 2.45) is 0 Å². The number of likely N-dealkylation sites (tertiary alicyclic amines) is 1. The number of benzene rings is 2. The zero-order chi connectivity index (χ0) is 22.1. The molecule has 3 heterocycles. The zero-order valence-electron chi connectivity index (χ0n) is 17.1. The van der Waals surface area contributed by atoms with E-state index in [2.05, 4.69) is 5.32 Å². The predicted molar refractivity (Wildman–Crippen MR) is 124 cm³/mol. The van der Waals surface area contributed by atoms with Gasteiger partial charge in [0, 0.05) is 23.9 Å². The Labute approximate surface area is 188 Å². The van der Waals surface area contributed by atoms with Gasteiger partial charge in [0.2, 0.25) is 11.8 Å². The monoisotopic (exact) mass is 441 g/mol. The first-order chi connectivity index (χ1) is 15.6. The summed E-state index contributed by atoms with van der Waals surface area (Å²) < 4.78 is 0. The molecule has 4 aromatic rings. The minimum Gasteiger partial charge on any atom is -0.322 e. The molecule has 0 radical (unpaired) electrons. The van der Waals surface area contributed by atoms with Crippen LogP contribution in [0, 0.1) is 0 Å². The fourth-order valence-corrected chi connectivity index (χ4v) is 4.47. The van der Waals surface area contributed by atoms with Crippen molar-refractivity contribution in [2.75, 3.05) is 5.32 Å². The third-order valence-corrected chi connectivity index (χ3v) is 6.33. The third kappa shape index (κ3) is 3.90. The number of rotatable bonds is 5. The summed E-state index contributed by atoms with van der Waals surface area (Å²) in [5.41, 5.74) is 3.55. The number of para-hydroxylation sites is 1. The summed E-state index contributed by atoms with van der Waals surface area (Å²) in [6.45, 7) is 0.255. The van der Waals surface area contributed by atoms with Crippen LogP contribution in [-0.2, 0) is 16.1 Å². The van der Waals surface area contributed by atoms with Crippen LogP contribution in [0.2, 0.25) is 0 Å². The van der Waals surface area contributed by atoms with Gasteiger partial charge in [0.1, 0.15) is 0 Å². The van der Waals surface area contributed by atoms with Crippen molar-refractivity contribution in [1.29, 1.82) is 0 Å². The first-order valence-electron chi connectivity index (χ1n) is 10.3. The van der Waals surface area contributed by atoms with Crippen LogP contribution in [0.4, 0.5) is 5.69 Å². The smallest absolute Gasteiger partial charge is 0.256 e. The lowest BCUT2D eigenvalue weighted by Crippen LogP contribution is -2.28. The minimum absolute atomic E-state index is 0.140. The fraction of sp³-hybridized carbons (Fsp3) is 0.120. The maximum absolute atomic E-state index is 13.2. The highest BCUT2D eigenvalue weighted by atomic mass is 32.1. The van der Waals surface area contributed by atoms with Gasteiger partial charge < -0.3 is 5.32 Å². The molecule has 2 aromatic carbocycles. The zero-order valence-corrected chi connectivity index (χ0v) is 17.9. The molecule has 1 fully saturated rings. The molecule has 0 aliphatic carbocycles. The average molecular weight is 442 g/mol. The Morgan fingerprint density at radius 2 is 1.72 bits per heavy atom. The number of imide groups is 1. The summed E-state index contributed by atoms with van der Waals surface area (Å²) in [6, 6.07) is 20.5. The largest absolute Gasteiger partial charge is 0.322 e. The number of anilines is 1. The lowest BCUT2D eigenvalue weighted by Gasteiger charge is -2.14. The van der Waals surface area contributed by atoms with Gasteiger partial charge in [-0.05, 0) is 41.3 Å². The van der Waals surface area contributed by atoms with Crippen molar-refractivity contribution in [3.8, 4) is 10.6 Å². The van der Waals surface area contributed by atoms with Gasteiger partial charge in [0.05, 0.1) is 28.2 Å². The van der Waals surface area contributed by atoms with Gasteiger partial charge in [0.15, 0.2) is 0 Å². The van der Waals surface area contributed by atoms with Gasteiger partial charge in [-0.2, -0.15) is 0 Å². The van der Waals surface area contributed by atoms with E-state index in [-0.39, 0.29) is 37.1 Å². The van der Waals surface area contributed by atoms with Crippen LogP contribution in [-0.4, -0.2) is 27.6 Å².